The lowest BCUT2D eigenvalue weighted by atomic mass is 10.1. The lowest BCUT2D eigenvalue weighted by Gasteiger charge is -2.22. The van der Waals surface area contributed by atoms with Crippen LogP contribution in [0.3, 0.4) is 0 Å². The Labute approximate surface area is 177 Å². The number of carbonyl (C=O) groups is 1. The quantitative estimate of drug-likeness (QED) is 0.432. The van der Waals surface area contributed by atoms with Gasteiger partial charge in [0.1, 0.15) is 12.3 Å². The van der Waals surface area contributed by atoms with Gasteiger partial charge >= 0.3 is 0 Å². The van der Waals surface area contributed by atoms with Crippen LogP contribution in [0.25, 0.3) is 0 Å². The van der Waals surface area contributed by atoms with Gasteiger partial charge < -0.3 is 10.1 Å². The fourth-order valence-electron chi connectivity index (χ4n) is 2.79. The van der Waals surface area contributed by atoms with Crippen LogP contribution in [-0.4, -0.2) is 46.5 Å². The molecule has 2 rings (SSSR count). The number of ether oxygens (including phenoxy) is 1. The van der Waals surface area contributed by atoms with Crippen molar-refractivity contribution in [3.63, 3.8) is 0 Å². The molecule has 0 radical (unpaired) electrons. The van der Waals surface area contributed by atoms with Crippen LogP contribution in [0, 0.1) is 0 Å². The average molecular weight is 437 g/mol. The smallest absolute Gasteiger partial charge is 0.240 e. The van der Waals surface area contributed by atoms with Gasteiger partial charge in [0.25, 0.3) is 0 Å². The summed E-state index contributed by atoms with van der Waals surface area (Å²) in [5.74, 6) is 0.521. The van der Waals surface area contributed by atoms with E-state index in [0.29, 0.717) is 18.8 Å². The van der Waals surface area contributed by atoms with Crippen LogP contribution in [0.1, 0.15) is 18.9 Å². The molecule has 0 atom stereocenters. The van der Waals surface area contributed by atoms with Crippen LogP contribution < -0.4 is 14.4 Å². The molecule has 2 aromatic carbocycles. The third-order valence-corrected chi connectivity index (χ3v) is 6.09. The van der Waals surface area contributed by atoms with E-state index in [1.165, 1.54) is 11.8 Å². The summed E-state index contributed by atoms with van der Waals surface area (Å²) in [6, 6.07) is 15.0. The maximum absolute atomic E-state index is 12.3. The van der Waals surface area contributed by atoms with E-state index < -0.39 is 10.0 Å². The molecule has 0 aliphatic rings. The van der Waals surface area contributed by atoms with Crippen molar-refractivity contribution in [3.8, 4) is 5.75 Å². The van der Waals surface area contributed by atoms with Gasteiger partial charge in [-0.2, -0.15) is 0 Å². The number of hydrogen-bond donors (Lipinski definition) is 1. The third kappa shape index (κ3) is 7.62. The number of hydrogen-bond acceptors (Lipinski definition) is 5. The summed E-state index contributed by atoms with van der Waals surface area (Å²) in [5, 5.41) is 2.81. The second kappa shape index (κ2) is 11.1. The second-order valence-electron chi connectivity index (χ2n) is 6.50. The number of nitrogens with one attached hydrogen (secondary N) is 1. The molecule has 6 nitrogen and oxygen atoms in total. The van der Waals surface area contributed by atoms with Gasteiger partial charge in [0.2, 0.25) is 15.9 Å². The van der Waals surface area contributed by atoms with Crippen LogP contribution in [0.5, 0.6) is 5.75 Å². The first-order valence-corrected chi connectivity index (χ1v) is 12.5. The first-order valence-electron chi connectivity index (χ1n) is 9.43. The van der Waals surface area contributed by atoms with E-state index in [1.807, 2.05) is 43.5 Å². The van der Waals surface area contributed by atoms with Gasteiger partial charge in [-0.25, -0.2) is 8.42 Å². The summed E-state index contributed by atoms with van der Waals surface area (Å²) in [4.78, 5) is 13.3. The summed E-state index contributed by atoms with van der Waals surface area (Å²) < 4.78 is 30.9. The first kappa shape index (κ1) is 23.1. The Kier molecular flexibility index (Phi) is 8.85. The highest BCUT2D eigenvalue weighted by Gasteiger charge is 2.20. The number of thioether (sulfide) groups is 1. The number of aryl methyl sites for hydroxylation is 1. The van der Waals surface area contributed by atoms with Gasteiger partial charge in [0.15, 0.2) is 0 Å². The summed E-state index contributed by atoms with van der Waals surface area (Å²) in [6.45, 7) is 2.83. The minimum atomic E-state index is -3.57. The maximum Gasteiger partial charge on any atom is 0.240 e. The second-order valence-corrected chi connectivity index (χ2v) is 9.29. The summed E-state index contributed by atoms with van der Waals surface area (Å²) in [6.07, 6.45) is 4.61. The van der Waals surface area contributed by atoms with Crippen LogP contribution in [0.2, 0.25) is 0 Å². The maximum atomic E-state index is 12.3. The van der Waals surface area contributed by atoms with E-state index in [2.05, 4.69) is 5.32 Å². The molecule has 0 saturated carbocycles. The van der Waals surface area contributed by atoms with Crippen LogP contribution in [0.15, 0.2) is 53.4 Å². The molecule has 0 aromatic heterocycles. The molecule has 1 amide bonds. The SMILES string of the molecule is CCOc1ccc(CCCNC(=O)CN(c2cccc(SC)c2)S(C)(=O)=O)cc1. The summed E-state index contributed by atoms with van der Waals surface area (Å²) in [7, 11) is -3.57. The first-order chi connectivity index (χ1) is 13.8. The van der Waals surface area contributed by atoms with E-state index in [9.17, 15) is 13.2 Å². The normalized spacial score (nSPS) is 11.1. The Hall–Kier alpha value is -2.19. The molecule has 0 aliphatic heterocycles. The predicted molar refractivity (Wildman–Crippen MR) is 119 cm³/mol. The lowest BCUT2D eigenvalue weighted by Crippen LogP contribution is -2.40. The Morgan fingerprint density at radius 2 is 1.90 bits per heavy atom. The third-order valence-electron chi connectivity index (χ3n) is 4.23. The van der Waals surface area contributed by atoms with Crippen molar-refractivity contribution < 1.29 is 17.9 Å². The number of benzene rings is 2. The molecule has 2 aromatic rings. The highest BCUT2D eigenvalue weighted by molar-refractivity contribution is 7.98. The van der Waals surface area contributed by atoms with Crippen LogP contribution >= 0.6 is 11.8 Å². The number of sulfonamides is 1. The molecular formula is C21H28N2O4S2. The lowest BCUT2D eigenvalue weighted by molar-refractivity contribution is -0.119. The van der Waals surface area contributed by atoms with E-state index >= 15 is 0 Å². The number of rotatable bonds is 11. The van der Waals surface area contributed by atoms with E-state index in [0.717, 1.165) is 39.6 Å². The Morgan fingerprint density at radius 1 is 1.17 bits per heavy atom. The van der Waals surface area contributed by atoms with Gasteiger partial charge in [-0.05, 0) is 61.9 Å². The monoisotopic (exact) mass is 436 g/mol. The summed E-state index contributed by atoms with van der Waals surface area (Å²) >= 11 is 1.52. The highest BCUT2D eigenvalue weighted by Crippen LogP contribution is 2.23. The minimum Gasteiger partial charge on any atom is -0.494 e. The molecule has 8 heteroatoms. The van der Waals surface area contributed by atoms with Gasteiger partial charge in [-0.3, -0.25) is 9.10 Å². The van der Waals surface area contributed by atoms with Crippen molar-refractivity contribution in [3.05, 3.63) is 54.1 Å². The Morgan fingerprint density at radius 3 is 2.52 bits per heavy atom. The number of nitrogens with zero attached hydrogens (tertiary/aromatic N) is 1. The minimum absolute atomic E-state index is 0.236. The van der Waals surface area contributed by atoms with Gasteiger partial charge in [-0.15, -0.1) is 11.8 Å². The zero-order valence-electron chi connectivity index (χ0n) is 17.1. The van der Waals surface area contributed by atoms with Crippen molar-refractivity contribution >= 4 is 33.4 Å². The van der Waals surface area contributed by atoms with Crippen molar-refractivity contribution in [2.24, 2.45) is 0 Å². The molecular weight excluding hydrogens is 408 g/mol. The molecule has 158 valence electrons. The van der Waals surface area contributed by atoms with Crippen molar-refractivity contribution in [2.45, 2.75) is 24.7 Å². The summed E-state index contributed by atoms with van der Waals surface area (Å²) in [5.41, 5.74) is 1.65. The van der Waals surface area contributed by atoms with Gasteiger partial charge in [0.05, 0.1) is 18.6 Å². The molecule has 29 heavy (non-hydrogen) atoms. The molecule has 0 bridgehead atoms. The fraction of sp³-hybridized carbons (Fsp3) is 0.381. The molecule has 0 heterocycles. The highest BCUT2D eigenvalue weighted by atomic mass is 32.2. The van der Waals surface area contributed by atoms with E-state index in [1.54, 1.807) is 18.2 Å². The number of carbonyl (C=O) groups excluding carboxylic acids is 1. The Balaban J connectivity index is 1.87. The predicted octanol–water partition coefficient (Wildman–Crippen LogP) is 3.32. The number of anilines is 1. The van der Waals surface area contributed by atoms with Crippen LogP contribution in [-0.2, 0) is 21.2 Å². The van der Waals surface area contributed by atoms with Crippen molar-refractivity contribution in [1.82, 2.24) is 5.32 Å². The largest absolute Gasteiger partial charge is 0.494 e. The standard InChI is InChI=1S/C21H28N2O4S2/c1-4-27-19-12-10-17(11-13-19)7-6-14-22-21(24)16-23(29(3,25)26)18-8-5-9-20(15-18)28-2/h5,8-13,15H,4,6-7,14,16H2,1-3H3,(H,22,24). The molecule has 0 fully saturated rings. The molecule has 0 unspecified atom stereocenters. The zero-order chi connectivity index (χ0) is 21.3. The number of amides is 1. The topological polar surface area (TPSA) is 75.7 Å². The average Bonchev–Trinajstić information content (AvgIpc) is 2.70. The zero-order valence-corrected chi connectivity index (χ0v) is 18.7. The molecule has 1 N–H and O–H groups in total. The van der Waals surface area contributed by atoms with Crippen LogP contribution in [0.4, 0.5) is 5.69 Å². The van der Waals surface area contributed by atoms with Gasteiger partial charge in [-0.1, -0.05) is 18.2 Å². The van der Waals surface area contributed by atoms with Gasteiger partial charge in [0, 0.05) is 11.4 Å². The molecule has 0 spiro atoms. The Bertz CT molecular complexity index is 899. The molecule has 0 aliphatic carbocycles. The van der Waals surface area contributed by atoms with E-state index in [4.69, 9.17) is 4.74 Å². The van der Waals surface area contributed by atoms with Crippen molar-refractivity contribution in [1.29, 1.82) is 0 Å². The van der Waals surface area contributed by atoms with E-state index in [-0.39, 0.29) is 12.5 Å². The van der Waals surface area contributed by atoms with Crippen molar-refractivity contribution in [2.75, 3.05) is 36.5 Å². The molecule has 0 saturated heterocycles. The fourth-order valence-corrected chi connectivity index (χ4v) is 4.09.